The maximum Gasteiger partial charge on any atom is 0.308 e. The van der Waals surface area contributed by atoms with Gasteiger partial charge in [-0.05, 0) is 25.0 Å². The molecule has 0 aliphatic heterocycles. The van der Waals surface area contributed by atoms with Crippen molar-refractivity contribution in [3.05, 3.63) is 36.0 Å². The van der Waals surface area contributed by atoms with Gasteiger partial charge in [-0.2, -0.15) is 5.10 Å². The van der Waals surface area contributed by atoms with Crippen molar-refractivity contribution < 1.29 is 14.7 Å². The Hall–Kier alpha value is -2.83. The topological polar surface area (TPSA) is 99.5 Å². The first-order chi connectivity index (χ1) is 11.1. The van der Waals surface area contributed by atoms with E-state index >= 15 is 0 Å². The molecular formula is C16H16N4O3. The lowest BCUT2D eigenvalue weighted by Crippen LogP contribution is -2.40. The largest absolute Gasteiger partial charge is 0.481 e. The van der Waals surface area contributed by atoms with Crippen LogP contribution in [0.25, 0.3) is 16.7 Å². The van der Waals surface area contributed by atoms with Crippen molar-refractivity contribution >= 4 is 28.6 Å². The fraction of sp³-hybridized carbons (Fsp3) is 0.312. The third-order valence-corrected chi connectivity index (χ3v) is 4.49. The van der Waals surface area contributed by atoms with Gasteiger partial charge < -0.3 is 15.4 Å². The summed E-state index contributed by atoms with van der Waals surface area (Å²) in [5.41, 5.74) is 2.87. The van der Waals surface area contributed by atoms with Crippen molar-refractivity contribution in [2.24, 2.45) is 5.92 Å². The number of aliphatic carboxylic acids is 1. The molecule has 3 aromatic rings. The number of rotatable bonds is 3. The van der Waals surface area contributed by atoms with Crippen molar-refractivity contribution in [1.29, 1.82) is 0 Å². The van der Waals surface area contributed by atoms with Crippen LogP contribution >= 0.6 is 0 Å². The van der Waals surface area contributed by atoms with Crippen LogP contribution in [0.1, 0.15) is 29.8 Å². The summed E-state index contributed by atoms with van der Waals surface area (Å²) in [5, 5.41) is 16.3. The molecule has 7 nitrogen and oxygen atoms in total. The number of carbonyl (C=O) groups is 2. The number of amides is 1. The fourth-order valence-electron chi connectivity index (χ4n) is 3.34. The first kappa shape index (κ1) is 13.8. The number of carbonyl (C=O) groups excluding carboxylic acids is 1. The minimum Gasteiger partial charge on any atom is -0.481 e. The molecule has 0 unspecified atom stereocenters. The zero-order valence-corrected chi connectivity index (χ0v) is 12.3. The Morgan fingerprint density at radius 1 is 1.30 bits per heavy atom. The number of carboxylic acid groups (broad SMARTS) is 1. The first-order valence-corrected chi connectivity index (χ1v) is 7.63. The molecule has 0 radical (unpaired) electrons. The summed E-state index contributed by atoms with van der Waals surface area (Å²) in [6, 6.07) is 9.06. The van der Waals surface area contributed by atoms with Crippen LogP contribution in [0, 0.1) is 5.92 Å². The van der Waals surface area contributed by atoms with Crippen molar-refractivity contribution in [1.82, 2.24) is 19.9 Å². The maximum atomic E-state index is 12.4. The third-order valence-electron chi connectivity index (χ3n) is 4.49. The zero-order valence-electron chi connectivity index (χ0n) is 12.3. The van der Waals surface area contributed by atoms with Crippen LogP contribution in [0.15, 0.2) is 30.3 Å². The number of fused-ring (bicyclic) bond motifs is 3. The molecule has 1 fully saturated rings. The Balaban J connectivity index is 1.61. The van der Waals surface area contributed by atoms with E-state index in [4.69, 9.17) is 0 Å². The van der Waals surface area contributed by atoms with Crippen LogP contribution in [0.2, 0.25) is 0 Å². The van der Waals surface area contributed by atoms with Crippen molar-refractivity contribution in [2.45, 2.75) is 25.3 Å². The predicted octanol–water partition coefficient (Wildman–Crippen LogP) is 1.80. The van der Waals surface area contributed by atoms with Gasteiger partial charge in [-0.3, -0.25) is 9.59 Å². The number of nitrogens with zero attached hydrogens (tertiary/aromatic N) is 2. The quantitative estimate of drug-likeness (QED) is 0.686. The summed E-state index contributed by atoms with van der Waals surface area (Å²) >= 11 is 0. The summed E-state index contributed by atoms with van der Waals surface area (Å²) < 4.78 is 1.69. The summed E-state index contributed by atoms with van der Waals surface area (Å²) in [6.07, 6.45) is 2.11. The average molecular weight is 312 g/mol. The number of nitrogens with one attached hydrogen (secondary N) is 2. The van der Waals surface area contributed by atoms with E-state index in [0.29, 0.717) is 12.8 Å². The number of H-pyrrole nitrogens is 1. The van der Waals surface area contributed by atoms with Gasteiger partial charge in [-0.25, -0.2) is 4.52 Å². The molecule has 118 valence electrons. The molecule has 7 heteroatoms. The van der Waals surface area contributed by atoms with Gasteiger partial charge >= 0.3 is 5.97 Å². The second-order valence-electron chi connectivity index (χ2n) is 5.92. The molecule has 1 aliphatic carbocycles. The molecule has 23 heavy (non-hydrogen) atoms. The first-order valence-electron chi connectivity index (χ1n) is 7.63. The molecule has 1 aromatic carbocycles. The van der Waals surface area contributed by atoms with E-state index in [1.54, 1.807) is 10.6 Å². The molecule has 1 aliphatic rings. The monoisotopic (exact) mass is 312 g/mol. The number of para-hydroxylation sites is 2. The number of benzene rings is 1. The van der Waals surface area contributed by atoms with E-state index in [2.05, 4.69) is 15.4 Å². The van der Waals surface area contributed by atoms with Crippen LogP contribution in [0.5, 0.6) is 0 Å². The number of carboxylic acids is 1. The summed E-state index contributed by atoms with van der Waals surface area (Å²) in [7, 11) is 0. The van der Waals surface area contributed by atoms with Gasteiger partial charge in [-0.1, -0.05) is 18.6 Å². The molecule has 0 bridgehead atoms. The van der Waals surface area contributed by atoms with Crippen LogP contribution < -0.4 is 5.32 Å². The van der Waals surface area contributed by atoms with Gasteiger partial charge in [-0.15, -0.1) is 0 Å². The van der Waals surface area contributed by atoms with Crippen LogP contribution in [-0.4, -0.2) is 37.6 Å². The van der Waals surface area contributed by atoms with Crippen LogP contribution in [0.3, 0.4) is 0 Å². The van der Waals surface area contributed by atoms with Crippen molar-refractivity contribution in [3.63, 3.8) is 0 Å². The number of aromatic nitrogens is 3. The highest BCUT2D eigenvalue weighted by molar-refractivity contribution is 5.95. The normalized spacial score (nSPS) is 21.0. The Morgan fingerprint density at radius 2 is 2.13 bits per heavy atom. The summed E-state index contributed by atoms with van der Waals surface area (Å²) in [4.78, 5) is 26.8. The standard InChI is InChI=1S/C16H16N4O3/c21-15(18-10-6-3-4-9(10)16(22)23)12-8-14-17-11-5-1-2-7-13(11)20(14)19-12/h1-2,5,7-10,17H,3-4,6H2,(H,18,21)(H,22,23)/t9-,10+/m0/s1. The molecule has 2 aromatic heterocycles. The van der Waals surface area contributed by atoms with Crippen molar-refractivity contribution in [2.75, 3.05) is 0 Å². The molecular weight excluding hydrogens is 296 g/mol. The molecule has 0 saturated heterocycles. The average Bonchev–Trinajstić information content (AvgIpc) is 3.20. The van der Waals surface area contributed by atoms with Gasteiger partial charge in [0.2, 0.25) is 0 Å². The van der Waals surface area contributed by atoms with Crippen molar-refractivity contribution in [3.8, 4) is 0 Å². The Labute approximate surface area is 131 Å². The number of imidazole rings is 1. The highest BCUT2D eigenvalue weighted by atomic mass is 16.4. The molecule has 2 atom stereocenters. The van der Waals surface area contributed by atoms with Gasteiger partial charge in [0.05, 0.1) is 17.0 Å². The lowest BCUT2D eigenvalue weighted by Gasteiger charge is -2.16. The smallest absolute Gasteiger partial charge is 0.308 e. The number of hydrogen-bond donors (Lipinski definition) is 3. The minimum absolute atomic E-state index is 0.290. The number of aromatic amines is 1. The predicted molar refractivity (Wildman–Crippen MR) is 83.3 cm³/mol. The zero-order chi connectivity index (χ0) is 16.0. The molecule has 0 spiro atoms. The van der Waals surface area contributed by atoms with E-state index < -0.39 is 11.9 Å². The second kappa shape index (κ2) is 5.12. The molecule has 2 heterocycles. The van der Waals surface area contributed by atoms with Crippen LogP contribution in [0.4, 0.5) is 0 Å². The van der Waals surface area contributed by atoms with E-state index in [1.807, 2.05) is 24.3 Å². The molecule has 4 rings (SSSR count). The minimum atomic E-state index is -0.851. The third kappa shape index (κ3) is 2.25. The van der Waals surface area contributed by atoms with Gasteiger partial charge in [0.15, 0.2) is 5.69 Å². The molecule has 1 saturated carbocycles. The van der Waals surface area contributed by atoms with E-state index in [-0.39, 0.29) is 17.6 Å². The molecule has 3 N–H and O–H groups in total. The molecule has 1 amide bonds. The lowest BCUT2D eigenvalue weighted by molar-refractivity contribution is -0.142. The fourth-order valence-corrected chi connectivity index (χ4v) is 3.34. The van der Waals surface area contributed by atoms with E-state index in [9.17, 15) is 14.7 Å². The van der Waals surface area contributed by atoms with Crippen LogP contribution in [-0.2, 0) is 4.79 Å². The second-order valence-corrected chi connectivity index (χ2v) is 5.92. The van der Waals surface area contributed by atoms with Gasteiger partial charge in [0.1, 0.15) is 5.65 Å². The Morgan fingerprint density at radius 3 is 2.96 bits per heavy atom. The Bertz CT molecular complexity index is 910. The summed E-state index contributed by atoms with van der Waals surface area (Å²) in [6.45, 7) is 0. The summed E-state index contributed by atoms with van der Waals surface area (Å²) in [5.74, 6) is -1.69. The highest BCUT2D eigenvalue weighted by Gasteiger charge is 2.34. The van der Waals surface area contributed by atoms with Gasteiger partial charge in [0.25, 0.3) is 5.91 Å². The highest BCUT2D eigenvalue weighted by Crippen LogP contribution is 2.26. The van der Waals surface area contributed by atoms with Gasteiger partial charge in [0, 0.05) is 12.1 Å². The SMILES string of the molecule is O=C(N[C@@H]1CCC[C@@H]1C(=O)O)c1cc2[nH]c3ccccc3n2n1. The lowest BCUT2D eigenvalue weighted by atomic mass is 10.0. The van der Waals surface area contributed by atoms with E-state index in [0.717, 1.165) is 23.1 Å². The Kier molecular flexibility index (Phi) is 3.07. The van der Waals surface area contributed by atoms with E-state index in [1.165, 1.54) is 0 Å². The maximum absolute atomic E-state index is 12.4. The number of hydrogen-bond acceptors (Lipinski definition) is 3.